The number of pyridine rings is 1. The summed E-state index contributed by atoms with van der Waals surface area (Å²) in [6.07, 6.45) is 4.72. The van der Waals surface area contributed by atoms with E-state index in [0.29, 0.717) is 47.5 Å². The molecule has 3 heterocycles. The minimum absolute atomic E-state index is 0.0773. The number of tetrazole rings is 1. The topological polar surface area (TPSA) is 137 Å². The number of rotatable bonds is 4. The van der Waals surface area contributed by atoms with Gasteiger partial charge in [-0.05, 0) is 70.8 Å². The molecule has 0 saturated heterocycles. The van der Waals surface area contributed by atoms with E-state index in [1.54, 1.807) is 24.3 Å². The molecule has 6 rings (SSSR count). The fourth-order valence-electron chi connectivity index (χ4n) is 5.47. The van der Waals surface area contributed by atoms with Crippen LogP contribution in [0.4, 0.5) is 10.1 Å². The normalized spacial score (nSPS) is 15.1. The lowest BCUT2D eigenvalue weighted by Gasteiger charge is -2.20. The molecule has 3 aromatic carbocycles. The number of nitrogens with zero attached hydrogens (tertiary/aromatic N) is 5. The van der Waals surface area contributed by atoms with Gasteiger partial charge in [-0.15, -0.1) is 5.10 Å². The third-order valence-corrected chi connectivity index (χ3v) is 7.84. The summed E-state index contributed by atoms with van der Waals surface area (Å²) in [6, 6.07) is 18.4. The second kappa shape index (κ2) is 11.6. The molecule has 12 heteroatoms. The number of nitrogens with one attached hydrogen (secondary N) is 1. The molecule has 5 aromatic rings. The Morgan fingerprint density at radius 2 is 1.95 bits per heavy atom. The van der Waals surface area contributed by atoms with E-state index in [4.69, 9.17) is 11.6 Å². The van der Waals surface area contributed by atoms with E-state index in [1.165, 1.54) is 35.4 Å². The van der Waals surface area contributed by atoms with E-state index in [2.05, 4.69) is 20.8 Å². The summed E-state index contributed by atoms with van der Waals surface area (Å²) in [5, 5.41) is 37.1. The van der Waals surface area contributed by atoms with Gasteiger partial charge in [0.25, 0.3) is 0 Å². The van der Waals surface area contributed by atoms with Crippen LogP contribution in [-0.2, 0) is 4.79 Å². The van der Waals surface area contributed by atoms with E-state index in [1.807, 2.05) is 24.3 Å². The second-order valence-corrected chi connectivity index (χ2v) is 10.6. The maximum absolute atomic E-state index is 15.4. The van der Waals surface area contributed by atoms with Gasteiger partial charge in [-0.3, -0.25) is 4.79 Å². The molecule has 2 N–H and O–H groups in total. The lowest BCUT2D eigenvalue weighted by Crippen LogP contribution is -2.34. The Morgan fingerprint density at radius 1 is 1.09 bits per heavy atom. The standard InChI is InChI=1S/C31H24ClFN6O4/c32-24-10-13-27(38-17-34-36-37-38)29(30(24)33)21-9-12-26(39(43)16-21)22-6-1-2-7-28(40)35-25-11-8-20(31(41)42)15-23(25)19-5-3-4-18(22)14-19/h3-5,8-17,22H,1-2,6-7H2,(H,35,40)(H,41,42). The van der Waals surface area contributed by atoms with Crippen LogP contribution in [0, 0.1) is 11.0 Å². The van der Waals surface area contributed by atoms with Crippen LogP contribution in [0.5, 0.6) is 0 Å². The van der Waals surface area contributed by atoms with Crippen molar-refractivity contribution in [3.8, 4) is 27.9 Å². The first-order valence-corrected chi connectivity index (χ1v) is 13.9. The zero-order valence-electron chi connectivity index (χ0n) is 22.6. The first kappa shape index (κ1) is 28.0. The molecule has 43 heavy (non-hydrogen) atoms. The Hall–Kier alpha value is -5.16. The molecular weight excluding hydrogens is 575 g/mol. The molecule has 10 nitrogen and oxygen atoms in total. The van der Waals surface area contributed by atoms with Gasteiger partial charge in [0.1, 0.15) is 6.33 Å². The van der Waals surface area contributed by atoms with Crippen LogP contribution in [0.1, 0.15) is 53.2 Å². The van der Waals surface area contributed by atoms with Gasteiger partial charge in [0.2, 0.25) is 5.91 Å². The maximum atomic E-state index is 15.4. The van der Waals surface area contributed by atoms with Gasteiger partial charge in [0, 0.05) is 23.7 Å². The summed E-state index contributed by atoms with van der Waals surface area (Å²) >= 11 is 6.11. The van der Waals surface area contributed by atoms with Crippen molar-refractivity contribution in [2.75, 3.05) is 5.32 Å². The van der Waals surface area contributed by atoms with Crippen LogP contribution in [-0.4, -0.2) is 37.2 Å². The van der Waals surface area contributed by atoms with Crippen molar-refractivity contribution in [2.45, 2.75) is 31.6 Å². The highest BCUT2D eigenvalue weighted by Crippen LogP contribution is 2.37. The summed E-state index contributed by atoms with van der Waals surface area (Å²) in [6.45, 7) is 0. The van der Waals surface area contributed by atoms with Crippen molar-refractivity contribution >= 4 is 29.2 Å². The highest BCUT2D eigenvalue weighted by molar-refractivity contribution is 6.31. The molecule has 0 fully saturated rings. The number of halogens is 2. The number of carbonyl (C=O) groups excluding carboxylic acids is 1. The quantitative estimate of drug-likeness (QED) is 0.198. The Balaban J connectivity index is 1.45. The minimum atomic E-state index is -1.08. The van der Waals surface area contributed by atoms with Crippen LogP contribution in [0.15, 0.2) is 79.3 Å². The Bertz CT molecular complexity index is 1860. The van der Waals surface area contributed by atoms with Crippen LogP contribution in [0.2, 0.25) is 5.02 Å². The zero-order valence-corrected chi connectivity index (χ0v) is 23.3. The van der Waals surface area contributed by atoms with Gasteiger partial charge < -0.3 is 15.6 Å². The van der Waals surface area contributed by atoms with Crippen molar-refractivity contribution < 1.29 is 23.8 Å². The molecule has 1 amide bonds. The number of fused-ring (bicyclic) bond motifs is 4. The molecule has 1 aliphatic heterocycles. The van der Waals surface area contributed by atoms with Gasteiger partial charge in [-0.2, -0.15) is 9.41 Å². The van der Waals surface area contributed by atoms with Gasteiger partial charge in [-0.25, -0.2) is 9.18 Å². The predicted octanol–water partition coefficient (Wildman–Crippen LogP) is 5.76. The fraction of sp³-hybridized carbons (Fsp3) is 0.161. The largest absolute Gasteiger partial charge is 0.618 e. The van der Waals surface area contributed by atoms with E-state index in [-0.39, 0.29) is 40.0 Å². The molecule has 0 aliphatic carbocycles. The smallest absolute Gasteiger partial charge is 0.335 e. The summed E-state index contributed by atoms with van der Waals surface area (Å²) in [5.74, 6) is -2.33. The lowest BCUT2D eigenvalue weighted by atomic mass is 9.87. The molecule has 0 spiro atoms. The molecule has 1 atom stereocenters. The lowest BCUT2D eigenvalue weighted by molar-refractivity contribution is -0.614. The van der Waals surface area contributed by atoms with Crippen molar-refractivity contribution in [1.82, 2.24) is 20.2 Å². The first-order valence-electron chi connectivity index (χ1n) is 13.5. The van der Waals surface area contributed by atoms with E-state index < -0.39 is 11.8 Å². The molecule has 0 radical (unpaired) electrons. The SMILES string of the molecule is O=C1CCCCC(c2ccc(-c3c(-n4cnnn4)ccc(Cl)c3F)c[n+]2[O-])c2cccc(c2)-c2cc(C(=O)O)ccc2N1. The first-order chi connectivity index (χ1) is 20.8. The third kappa shape index (κ3) is 5.54. The Morgan fingerprint density at radius 3 is 2.72 bits per heavy atom. The molecule has 1 aliphatic rings. The number of carbonyl (C=O) groups is 2. The predicted molar refractivity (Wildman–Crippen MR) is 156 cm³/mol. The number of anilines is 1. The van der Waals surface area contributed by atoms with Gasteiger partial charge >= 0.3 is 5.97 Å². The minimum Gasteiger partial charge on any atom is -0.618 e. The van der Waals surface area contributed by atoms with Crippen molar-refractivity contribution in [1.29, 1.82) is 0 Å². The van der Waals surface area contributed by atoms with Crippen LogP contribution >= 0.6 is 11.6 Å². The average molecular weight is 599 g/mol. The molecular formula is C31H24ClFN6O4. The highest BCUT2D eigenvalue weighted by atomic mass is 35.5. The number of benzene rings is 3. The summed E-state index contributed by atoms with van der Waals surface area (Å²) < 4.78 is 17.4. The molecule has 2 aromatic heterocycles. The highest BCUT2D eigenvalue weighted by Gasteiger charge is 2.26. The Labute approximate surface area is 250 Å². The van der Waals surface area contributed by atoms with Gasteiger partial charge in [0.05, 0.1) is 33.3 Å². The van der Waals surface area contributed by atoms with E-state index in [0.717, 1.165) is 10.3 Å². The molecule has 1 unspecified atom stereocenters. The third-order valence-electron chi connectivity index (χ3n) is 7.55. The number of hydrogen-bond donors (Lipinski definition) is 2. The van der Waals surface area contributed by atoms with Crippen molar-refractivity contribution in [3.63, 3.8) is 0 Å². The number of carboxylic acid groups (broad SMARTS) is 1. The van der Waals surface area contributed by atoms with Crippen LogP contribution in [0.3, 0.4) is 0 Å². The molecule has 216 valence electrons. The maximum Gasteiger partial charge on any atom is 0.335 e. The zero-order chi connectivity index (χ0) is 30.1. The number of aromatic carboxylic acids is 1. The number of carboxylic acids is 1. The summed E-state index contributed by atoms with van der Waals surface area (Å²) in [7, 11) is 0. The summed E-state index contributed by atoms with van der Waals surface area (Å²) in [5.41, 5.74) is 3.82. The number of hydrogen-bond acceptors (Lipinski definition) is 6. The molecule has 0 saturated carbocycles. The van der Waals surface area contributed by atoms with E-state index >= 15 is 4.39 Å². The van der Waals surface area contributed by atoms with Crippen molar-refractivity contribution in [3.05, 3.63) is 112 Å². The van der Waals surface area contributed by atoms with Gasteiger partial charge in [-0.1, -0.05) is 42.3 Å². The number of amides is 1. The number of aromatic nitrogens is 5. The van der Waals surface area contributed by atoms with Crippen molar-refractivity contribution in [2.24, 2.45) is 0 Å². The van der Waals surface area contributed by atoms with Gasteiger partial charge in [0.15, 0.2) is 17.7 Å². The molecule has 2 bridgehead atoms. The van der Waals surface area contributed by atoms with Crippen LogP contribution < -0.4 is 10.0 Å². The second-order valence-electron chi connectivity index (χ2n) is 10.2. The Kier molecular flexibility index (Phi) is 7.56. The average Bonchev–Trinajstić information content (AvgIpc) is 3.53. The summed E-state index contributed by atoms with van der Waals surface area (Å²) in [4.78, 5) is 24.4. The monoisotopic (exact) mass is 598 g/mol. The van der Waals surface area contributed by atoms with Crippen LogP contribution in [0.25, 0.3) is 27.9 Å². The fourth-order valence-corrected chi connectivity index (χ4v) is 5.63. The van der Waals surface area contributed by atoms with E-state index in [9.17, 15) is 19.9 Å².